The van der Waals surface area contributed by atoms with Gasteiger partial charge in [-0.15, -0.1) is 0 Å². The van der Waals surface area contributed by atoms with Crippen LogP contribution in [-0.4, -0.2) is 35.7 Å². The van der Waals surface area contributed by atoms with E-state index in [1.54, 1.807) is 6.07 Å². The number of ether oxygens (including phenoxy) is 1. The zero-order valence-corrected chi connectivity index (χ0v) is 9.94. The second-order valence-corrected chi connectivity index (χ2v) is 4.14. The Bertz CT molecular complexity index is 361. The van der Waals surface area contributed by atoms with Crippen LogP contribution in [-0.2, 0) is 6.42 Å². The van der Waals surface area contributed by atoms with Crippen LogP contribution in [0.2, 0.25) is 0 Å². The number of nitrogens with zero attached hydrogens (tertiary/aromatic N) is 1. The van der Waals surface area contributed by atoms with E-state index in [1.165, 1.54) is 0 Å². The van der Waals surface area contributed by atoms with E-state index in [9.17, 15) is 5.11 Å². The third-order valence-electron chi connectivity index (χ3n) is 3.31. The number of hydrogen-bond acceptors (Lipinski definition) is 3. The summed E-state index contributed by atoms with van der Waals surface area (Å²) in [7, 11) is 0. The Morgan fingerprint density at radius 2 is 2.12 bits per heavy atom. The third-order valence-corrected chi connectivity index (χ3v) is 3.31. The molecule has 0 aromatic heterocycles. The molecular formula is C13H19NO2. The van der Waals surface area contributed by atoms with E-state index in [1.807, 2.05) is 12.1 Å². The van der Waals surface area contributed by atoms with Crippen molar-refractivity contribution < 1.29 is 9.84 Å². The highest BCUT2D eigenvalue weighted by Crippen LogP contribution is 2.32. The van der Waals surface area contributed by atoms with E-state index in [0.717, 1.165) is 37.4 Å². The average Bonchev–Trinajstić information content (AvgIpc) is 2.32. The Hall–Kier alpha value is -1.22. The fourth-order valence-electron chi connectivity index (χ4n) is 2.35. The first-order valence-corrected chi connectivity index (χ1v) is 5.94. The number of phenols is 1. The molecule has 0 aliphatic carbocycles. The molecule has 1 aromatic carbocycles. The van der Waals surface area contributed by atoms with E-state index < -0.39 is 0 Å². The number of rotatable bonds is 3. The van der Waals surface area contributed by atoms with Crippen molar-refractivity contribution in [1.29, 1.82) is 0 Å². The Labute approximate surface area is 96.6 Å². The maximum Gasteiger partial charge on any atom is 0.126 e. The summed E-state index contributed by atoms with van der Waals surface area (Å²) < 4.78 is 5.70. The van der Waals surface area contributed by atoms with Gasteiger partial charge in [0.15, 0.2) is 0 Å². The minimum atomic E-state index is 0.356. The topological polar surface area (TPSA) is 32.7 Å². The van der Waals surface area contributed by atoms with Crippen LogP contribution in [0.15, 0.2) is 18.2 Å². The van der Waals surface area contributed by atoms with Crippen LogP contribution in [0.3, 0.4) is 0 Å². The predicted octanol–water partition coefficient (Wildman–Crippen LogP) is 2.04. The number of phenolic OH excluding ortho intramolecular Hbond substituents is 1. The molecule has 88 valence electrons. The summed E-state index contributed by atoms with van der Waals surface area (Å²) in [5.41, 5.74) is 0.950. The first-order chi connectivity index (χ1) is 7.76. The molecule has 0 spiro atoms. The molecule has 0 amide bonds. The molecule has 1 aliphatic heterocycles. The second-order valence-electron chi connectivity index (χ2n) is 4.14. The quantitative estimate of drug-likeness (QED) is 0.847. The number of fused-ring (bicyclic) bond motifs is 1. The standard InChI is InChI=1S/C13H19NO2/c1-3-14(4-2)10-8-11-12(15)6-5-7-13(11)16-9-10/h5-7,10,15H,3-4,8-9H2,1-2H3. The molecule has 3 heteroatoms. The first kappa shape index (κ1) is 11.3. The van der Waals surface area contributed by atoms with Gasteiger partial charge in [0.05, 0.1) is 0 Å². The Kier molecular flexibility index (Phi) is 3.34. The van der Waals surface area contributed by atoms with Crippen LogP contribution >= 0.6 is 0 Å². The maximum atomic E-state index is 9.80. The maximum absolute atomic E-state index is 9.80. The molecule has 1 N–H and O–H groups in total. The lowest BCUT2D eigenvalue weighted by Crippen LogP contribution is -2.42. The molecule has 16 heavy (non-hydrogen) atoms. The molecule has 1 atom stereocenters. The van der Waals surface area contributed by atoms with Crippen LogP contribution in [0.25, 0.3) is 0 Å². The second kappa shape index (κ2) is 4.74. The average molecular weight is 221 g/mol. The van der Waals surface area contributed by atoms with E-state index in [-0.39, 0.29) is 0 Å². The minimum absolute atomic E-state index is 0.356. The van der Waals surface area contributed by atoms with Gasteiger partial charge in [0, 0.05) is 11.6 Å². The number of aromatic hydroxyl groups is 1. The van der Waals surface area contributed by atoms with Crippen molar-refractivity contribution in [2.45, 2.75) is 26.3 Å². The molecule has 1 heterocycles. The van der Waals surface area contributed by atoms with Gasteiger partial charge in [-0.1, -0.05) is 19.9 Å². The van der Waals surface area contributed by atoms with Gasteiger partial charge in [0.1, 0.15) is 18.1 Å². The van der Waals surface area contributed by atoms with Crippen molar-refractivity contribution >= 4 is 0 Å². The summed E-state index contributed by atoms with van der Waals surface area (Å²) in [5.74, 6) is 1.19. The van der Waals surface area contributed by atoms with Crippen molar-refractivity contribution in [2.24, 2.45) is 0 Å². The summed E-state index contributed by atoms with van der Waals surface area (Å²) in [6.45, 7) is 7.08. The lowest BCUT2D eigenvalue weighted by atomic mass is 10.0. The van der Waals surface area contributed by atoms with Crippen molar-refractivity contribution in [3.8, 4) is 11.5 Å². The lowest BCUT2D eigenvalue weighted by molar-refractivity contribution is 0.128. The van der Waals surface area contributed by atoms with Gasteiger partial charge in [0.25, 0.3) is 0 Å². The predicted molar refractivity (Wildman–Crippen MR) is 64.0 cm³/mol. The molecule has 0 radical (unpaired) electrons. The molecule has 0 bridgehead atoms. The lowest BCUT2D eigenvalue weighted by Gasteiger charge is -2.33. The fraction of sp³-hybridized carbons (Fsp3) is 0.538. The Balaban J connectivity index is 2.19. The number of benzene rings is 1. The Morgan fingerprint density at radius 1 is 1.38 bits per heavy atom. The van der Waals surface area contributed by atoms with Gasteiger partial charge >= 0.3 is 0 Å². The minimum Gasteiger partial charge on any atom is -0.508 e. The molecular weight excluding hydrogens is 202 g/mol. The molecule has 2 rings (SSSR count). The summed E-state index contributed by atoms with van der Waals surface area (Å²) in [5, 5.41) is 9.80. The highest BCUT2D eigenvalue weighted by molar-refractivity contribution is 5.45. The van der Waals surface area contributed by atoms with Crippen LogP contribution < -0.4 is 4.74 Å². The van der Waals surface area contributed by atoms with Gasteiger partial charge < -0.3 is 9.84 Å². The van der Waals surface area contributed by atoms with Crippen molar-refractivity contribution in [1.82, 2.24) is 4.90 Å². The highest BCUT2D eigenvalue weighted by atomic mass is 16.5. The van der Waals surface area contributed by atoms with Crippen molar-refractivity contribution in [2.75, 3.05) is 19.7 Å². The van der Waals surface area contributed by atoms with Gasteiger partial charge in [-0.3, -0.25) is 4.90 Å². The summed E-state index contributed by atoms with van der Waals surface area (Å²) in [6.07, 6.45) is 0.879. The SMILES string of the molecule is CCN(CC)C1COc2cccc(O)c2C1. The van der Waals surface area contributed by atoms with Crippen LogP contribution in [0.5, 0.6) is 11.5 Å². The molecule has 3 nitrogen and oxygen atoms in total. The van der Waals surface area contributed by atoms with Crippen molar-refractivity contribution in [3.63, 3.8) is 0 Å². The van der Waals surface area contributed by atoms with E-state index >= 15 is 0 Å². The highest BCUT2D eigenvalue weighted by Gasteiger charge is 2.25. The molecule has 1 aromatic rings. The molecule has 1 aliphatic rings. The molecule has 0 saturated carbocycles. The van der Waals surface area contributed by atoms with Gasteiger partial charge in [-0.2, -0.15) is 0 Å². The van der Waals surface area contributed by atoms with Crippen molar-refractivity contribution in [3.05, 3.63) is 23.8 Å². The van der Waals surface area contributed by atoms with E-state index in [2.05, 4.69) is 18.7 Å². The van der Waals surface area contributed by atoms with Gasteiger partial charge in [-0.25, -0.2) is 0 Å². The van der Waals surface area contributed by atoms with Crippen LogP contribution in [0.4, 0.5) is 0 Å². The monoisotopic (exact) mass is 221 g/mol. The van der Waals surface area contributed by atoms with E-state index in [4.69, 9.17) is 4.74 Å². The third kappa shape index (κ3) is 2.00. The molecule has 0 fully saturated rings. The summed E-state index contributed by atoms with van der Waals surface area (Å²) in [6, 6.07) is 5.86. The zero-order chi connectivity index (χ0) is 11.5. The normalized spacial score (nSPS) is 19.3. The summed E-state index contributed by atoms with van der Waals surface area (Å²) in [4.78, 5) is 2.37. The fourth-order valence-corrected chi connectivity index (χ4v) is 2.35. The molecule has 0 saturated heterocycles. The number of hydrogen-bond donors (Lipinski definition) is 1. The van der Waals surface area contributed by atoms with Gasteiger partial charge in [0.2, 0.25) is 0 Å². The number of likely N-dealkylation sites (N-methyl/N-ethyl adjacent to an activating group) is 1. The van der Waals surface area contributed by atoms with Crippen LogP contribution in [0, 0.1) is 0 Å². The summed E-state index contributed by atoms with van der Waals surface area (Å²) >= 11 is 0. The smallest absolute Gasteiger partial charge is 0.126 e. The molecule has 1 unspecified atom stereocenters. The van der Waals surface area contributed by atoms with Crippen LogP contribution in [0.1, 0.15) is 19.4 Å². The first-order valence-electron chi connectivity index (χ1n) is 5.94. The zero-order valence-electron chi connectivity index (χ0n) is 9.94. The van der Waals surface area contributed by atoms with E-state index in [0.29, 0.717) is 11.8 Å². The Morgan fingerprint density at radius 3 is 2.81 bits per heavy atom. The van der Waals surface area contributed by atoms with Gasteiger partial charge in [-0.05, 0) is 31.6 Å². The largest absolute Gasteiger partial charge is 0.508 e.